The van der Waals surface area contributed by atoms with Gasteiger partial charge in [-0.3, -0.25) is 9.59 Å². The summed E-state index contributed by atoms with van der Waals surface area (Å²) < 4.78 is 17.1. The summed E-state index contributed by atoms with van der Waals surface area (Å²) in [5, 5.41) is 11.6. The maximum atomic E-state index is 12.7. The molecule has 0 spiro atoms. The molecular formula is C45H77NO7. The van der Waals surface area contributed by atoms with Gasteiger partial charge in [0.2, 0.25) is 0 Å². The smallest absolute Gasteiger partial charge is 0.306 e. The van der Waals surface area contributed by atoms with Crippen LogP contribution in [-0.4, -0.2) is 75.5 Å². The molecule has 0 aliphatic rings. The summed E-state index contributed by atoms with van der Waals surface area (Å²) in [5.41, 5.74) is 0. The van der Waals surface area contributed by atoms with E-state index in [0.717, 1.165) is 83.5 Å². The van der Waals surface area contributed by atoms with E-state index in [4.69, 9.17) is 14.2 Å². The van der Waals surface area contributed by atoms with Gasteiger partial charge in [-0.1, -0.05) is 139 Å². The Morgan fingerprint density at radius 1 is 0.585 bits per heavy atom. The fourth-order valence-electron chi connectivity index (χ4n) is 5.68. The highest BCUT2D eigenvalue weighted by atomic mass is 16.6. The molecule has 0 aromatic carbocycles. The van der Waals surface area contributed by atoms with Crippen molar-refractivity contribution in [2.75, 3.05) is 41.0 Å². The number of carboxylic acids is 1. The van der Waals surface area contributed by atoms with Gasteiger partial charge in [0.1, 0.15) is 12.6 Å². The number of quaternary nitrogens is 1. The molecule has 0 heterocycles. The first-order valence-electron chi connectivity index (χ1n) is 20.8. The molecule has 0 aliphatic carbocycles. The number of carbonyl (C=O) groups excluding carboxylic acids is 3. The van der Waals surface area contributed by atoms with Gasteiger partial charge in [0.25, 0.3) is 0 Å². The fraction of sp³-hybridized carbons (Fsp3) is 0.711. The zero-order valence-electron chi connectivity index (χ0n) is 34.4. The van der Waals surface area contributed by atoms with E-state index in [1.807, 2.05) is 0 Å². The van der Waals surface area contributed by atoms with Crippen molar-refractivity contribution in [3.63, 3.8) is 0 Å². The van der Waals surface area contributed by atoms with Gasteiger partial charge in [-0.25, -0.2) is 0 Å². The lowest BCUT2D eigenvalue weighted by molar-refractivity contribution is -0.889. The van der Waals surface area contributed by atoms with E-state index < -0.39 is 18.1 Å². The Morgan fingerprint density at radius 3 is 1.57 bits per heavy atom. The third-order valence-electron chi connectivity index (χ3n) is 8.92. The Kier molecular flexibility index (Phi) is 34.0. The molecule has 0 radical (unpaired) electrons. The van der Waals surface area contributed by atoms with Crippen molar-refractivity contribution in [1.82, 2.24) is 0 Å². The number of nitrogens with zero attached hydrogens (tertiary/aromatic N) is 1. The molecule has 0 amide bonds. The molecule has 0 aromatic heterocycles. The summed E-state index contributed by atoms with van der Waals surface area (Å²) in [6, 6.07) is -0.730. The van der Waals surface area contributed by atoms with E-state index >= 15 is 0 Å². The highest BCUT2D eigenvalue weighted by Crippen LogP contribution is 2.13. The van der Waals surface area contributed by atoms with Gasteiger partial charge in [-0.2, -0.15) is 0 Å². The largest absolute Gasteiger partial charge is 0.544 e. The van der Waals surface area contributed by atoms with Crippen LogP contribution in [0.2, 0.25) is 0 Å². The number of carboxylic acid groups (broad SMARTS) is 1. The third-order valence-corrected chi connectivity index (χ3v) is 8.92. The highest BCUT2D eigenvalue weighted by molar-refractivity contribution is 5.70. The summed E-state index contributed by atoms with van der Waals surface area (Å²) in [7, 11) is 5.38. The number of likely N-dealkylation sites (N-methyl/N-ethyl adjacent to an activating group) is 1. The molecule has 2 atom stereocenters. The van der Waals surface area contributed by atoms with Gasteiger partial charge >= 0.3 is 11.9 Å². The average Bonchev–Trinajstić information content (AvgIpc) is 3.11. The molecule has 0 bridgehead atoms. The number of aliphatic carboxylic acids is 1. The number of hydrogen-bond donors (Lipinski definition) is 0. The molecule has 53 heavy (non-hydrogen) atoms. The molecule has 0 saturated carbocycles. The molecule has 0 rings (SSSR count). The summed E-state index contributed by atoms with van der Waals surface area (Å²) in [6.07, 6.45) is 42.5. The Balaban J connectivity index is 4.39. The lowest BCUT2D eigenvalue weighted by atomic mass is 10.1. The molecular weight excluding hydrogens is 666 g/mol. The lowest BCUT2D eigenvalue weighted by Gasteiger charge is -2.34. The Labute approximate surface area is 324 Å². The normalized spacial score (nSPS) is 13.6. The first kappa shape index (κ1) is 50.0. The maximum Gasteiger partial charge on any atom is 0.306 e. The minimum absolute atomic E-state index is 0.0290. The van der Waals surface area contributed by atoms with Crippen molar-refractivity contribution in [2.24, 2.45) is 0 Å². The van der Waals surface area contributed by atoms with Gasteiger partial charge < -0.3 is 28.6 Å². The summed E-state index contributed by atoms with van der Waals surface area (Å²) in [4.78, 5) is 36.7. The maximum absolute atomic E-state index is 12.7. The predicted molar refractivity (Wildman–Crippen MR) is 217 cm³/mol. The molecule has 0 saturated heterocycles. The van der Waals surface area contributed by atoms with Crippen molar-refractivity contribution >= 4 is 17.9 Å². The van der Waals surface area contributed by atoms with Crippen molar-refractivity contribution in [3.8, 4) is 0 Å². The number of allylic oxidation sites excluding steroid dienone is 10. The van der Waals surface area contributed by atoms with E-state index in [0.29, 0.717) is 12.8 Å². The van der Waals surface area contributed by atoms with Crippen molar-refractivity contribution < 1.29 is 38.2 Å². The van der Waals surface area contributed by atoms with Crippen LogP contribution in [0, 0.1) is 0 Å². The molecule has 8 heteroatoms. The second kappa shape index (κ2) is 36.0. The molecule has 0 aromatic rings. The number of esters is 2. The van der Waals surface area contributed by atoms with E-state index in [2.05, 4.69) is 74.6 Å². The first-order valence-corrected chi connectivity index (χ1v) is 20.8. The minimum atomic E-state index is -1.13. The Hall–Kier alpha value is -2.97. The molecule has 304 valence electrons. The molecule has 0 fully saturated rings. The number of rotatable bonds is 36. The van der Waals surface area contributed by atoms with Crippen molar-refractivity contribution in [2.45, 2.75) is 167 Å². The summed E-state index contributed by atoms with van der Waals surface area (Å²) in [6.45, 7) is 4.48. The topological polar surface area (TPSA) is 102 Å². The minimum Gasteiger partial charge on any atom is -0.544 e. The summed E-state index contributed by atoms with van der Waals surface area (Å²) >= 11 is 0. The zero-order chi connectivity index (χ0) is 39.3. The van der Waals surface area contributed by atoms with Gasteiger partial charge in [0.05, 0.1) is 40.3 Å². The van der Waals surface area contributed by atoms with Crippen molar-refractivity contribution in [3.05, 3.63) is 60.8 Å². The fourth-order valence-corrected chi connectivity index (χ4v) is 5.68. The van der Waals surface area contributed by atoms with Crippen LogP contribution >= 0.6 is 0 Å². The SMILES string of the molecule is CC/C=C/C/C=C/C/C=C/C/C=C/C/C=C/CCCCCCC(=O)OC(COCCC(C(=O)[O-])[N+](C)(C)C)COC(=O)CCCCCCCCCCC. The Bertz CT molecular complexity index is 1050. The summed E-state index contributed by atoms with van der Waals surface area (Å²) in [5.74, 6) is -1.78. The van der Waals surface area contributed by atoms with Crippen LogP contribution in [0.1, 0.15) is 155 Å². The van der Waals surface area contributed by atoms with Crippen LogP contribution in [0.4, 0.5) is 0 Å². The number of carbonyl (C=O) groups is 3. The number of hydrogen-bond acceptors (Lipinski definition) is 7. The zero-order valence-corrected chi connectivity index (χ0v) is 34.4. The number of unbranched alkanes of at least 4 members (excludes halogenated alkanes) is 12. The van der Waals surface area contributed by atoms with Crippen LogP contribution in [-0.2, 0) is 28.6 Å². The van der Waals surface area contributed by atoms with E-state index in [1.165, 1.54) is 38.5 Å². The second-order valence-corrected chi connectivity index (χ2v) is 14.8. The predicted octanol–water partition coefficient (Wildman–Crippen LogP) is 9.69. The molecule has 0 N–H and O–H groups in total. The lowest BCUT2D eigenvalue weighted by Crippen LogP contribution is -2.55. The van der Waals surface area contributed by atoms with Gasteiger partial charge in [-0.15, -0.1) is 0 Å². The van der Waals surface area contributed by atoms with Crippen LogP contribution in [0.15, 0.2) is 60.8 Å². The van der Waals surface area contributed by atoms with Crippen LogP contribution in [0.25, 0.3) is 0 Å². The molecule has 0 aliphatic heterocycles. The standard InChI is InChI=1S/C45H77NO7/c1-6-8-10-12-14-16-17-18-19-20-21-22-23-24-25-26-28-30-32-34-36-44(48)53-41(39-51-38-37-42(45(49)50)46(3,4)5)40-52-43(47)35-33-31-29-27-15-13-11-9-7-2/h8,10,14,16,18-19,21-22,24-25,41-42H,6-7,9,11-13,15,17,20,23,26-40H2,1-5H3/b10-8+,16-14+,19-18+,22-21+,25-24+. The Morgan fingerprint density at radius 2 is 1.06 bits per heavy atom. The van der Waals surface area contributed by atoms with E-state index in [9.17, 15) is 19.5 Å². The highest BCUT2D eigenvalue weighted by Gasteiger charge is 2.25. The molecule has 8 nitrogen and oxygen atoms in total. The van der Waals surface area contributed by atoms with Gasteiger partial charge in [0, 0.05) is 19.3 Å². The van der Waals surface area contributed by atoms with Crippen molar-refractivity contribution in [1.29, 1.82) is 0 Å². The van der Waals surface area contributed by atoms with Crippen LogP contribution < -0.4 is 5.11 Å². The number of ether oxygens (including phenoxy) is 3. The van der Waals surface area contributed by atoms with Crippen LogP contribution in [0.5, 0.6) is 0 Å². The van der Waals surface area contributed by atoms with E-state index in [-0.39, 0.29) is 42.7 Å². The molecule has 2 unspecified atom stereocenters. The van der Waals surface area contributed by atoms with Gasteiger partial charge in [-0.05, 0) is 57.8 Å². The quantitative estimate of drug-likeness (QED) is 0.0273. The second-order valence-electron chi connectivity index (χ2n) is 14.8. The van der Waals surface area contributed by atoms with E-state index in [1.54, 1.807) is 21.1 Å². The average molecular weight is 744 g/mol. The monoisotopic (exact) mass is 744 g/mol. The van der Waals surface area contributed by atoms with Crippen LogP contribution in [0.3, 0.4) is 0 Å². The van der Waals surface area contributed by atoms with Gasteiger partial charge in [0.15, 0.2) is 6.10 Å². The first-order chi connectivity index (χ1) is 25.6. The third kappa shape index (κ3) is 34.5.